The standard InChI is InChI=1S/C20H20ClN5O2S/c1-3-26-19(14-8-10-16(21)11-9-14)24-25-20(26)29-13-18(27)23-22-12-15-6-4-5-7-17(15)28-2/h4-12H,3,13H2,1-2H3,(H,23,27)/b22-12-. The van der Waals surface area contributed by atoms with Gasteiger partial charge in [-0.3, -0.25) is 4.79 Å². The fourth-order valence-corrected chi connectivity index (χ4v) is 3.52. The summed E-state index contributed by atoms with van der Waals surface area (Å²) in [6.07, 6.45) is 1.55. The summed E-state index contributed by atoms with van der Waals surface area (Å²) in [5.74, 6) is 1.36. The van der Waals surface area contributed by atoms with Crippen molar-refractivity contribution in [3.8, 4) is 17.1 Å². The third-order valence-electron chi connectivity index (χ3n) is 4.00. The van der Waals surface area contributed by atoms with Gasteiger partial charge in [-0.25, -0.2) is 5.43 Å². The Morgan fingerprint density at radius 3 is 2.72 bits per heavy atom. The van der Waals surface area contributed by atoms with E-state index < -0.39 is 0 Å². The van der Waals surface area contributed by atoms with Crippen LogP contribution in [-0.4, -0.2) is 39.7 Å². The number of rotatable bonds is 8. The van der Waals surface area contributed by atoms with Crippen LogP contribution in [0.2, 0.25) is 5.02 Å². The predicted octanol–water partition coefficient (Wildman–Crippen LogP) is 3.87. The third-order valence-corrected chi connectivity index (χ3v) is 5.22. The van der Waals surface area contributed by atoms with Crippen LogP contribution in [0.1, 0.15) is 12.5 Å². The predicted molar refractivity (Wildman–Crippen MR) is 116 cm³/mol. The second-order valence-electron chi connectivity index (χ2n) is 5.88. The Kier molecular flexibility index (Phi) is 7.26. The summed E-state index contributed by atoms with van der Waals surface area (Å²) in [7, 11) is 1.59. The van der Waals surface area contributed by atoms with Gasteiger partial charge in [-0.15, -0.1) is 10.2 Å². The van der Waals surface area contributed by atoms with Crippen LogP contribution < -0.4 is 10.2 Å². The molecule has 2 aromatic carbocycles. The lowest BCUT2D eigenvalue weighted by Gasteiger charge is -2.07. The minimum absolute atomic E-state index is 0.169. The van der Waals surface area contributed by atoms with Crippen LogP contribution in [0.25, 0.3) is 11.4 Å². The van der Waals surface area contributed by atoms with Gasteiger partial charge in [0.25, 0.3) is 5.91 Å². The summed E-state index contributed by atoms with van der Waals surface area (Å²) < 4.78 is 7.20. The average Bonchev–Trinajstić information content (AvgIpc) is 3.16. The zero-order chi connectivity index (χ0) is 20.6. The monoisotopic (exact) mass is 429 g/mol. The van der Waals surface area contributed by atoms with E-state index in [1.54, 1.807) is 13.3 Å². The Morgan fingerprint density at radius 2 is 2.00 bits per heavy atom. The molecule has 0 radical (unpaired) electrons. The first-order valence-electron chi connectivity index (χ1n) is 8.89. The van der Waals surface area contributed by atoms with E-state index in [2.05, 4.69) is 20.7 Å². The highest BCUT2D eigenvalue weighted by molar-refractivity contribution is 7.99. The molecule has 3 rings (SSSR count). The highest BCUT2D eigenvalue weighted by Gasteiger charge is 2.14. The molecule has 0 aliphatic carbocycles. The van der Waals surface area contributed by atoms with Crippen molar-refractivity contribution in [2.75, 3.05) is 12.9 Å². The number of ether oxygens (including phenoxy) is 1. The zero-order valence-electron chi connectivity index (χ0n) is 16.0. The van der Waals surface area contributed by atoms with Gasteiger partial charge in [0.1, 0.15) is 5.75 Å². The molecule has 1 heterocycles. The molecule has 150 valence electrons. The summed E-state index contributed by atoms with van der Waals surface area (Å²) in [4.78, 5) is 12.1. The number of methoxy groups -OCH3 is 1. The van der Waals surface area contributed by atoms with Crippen LogP contribution in [0.4, 0.5) is 0 Å². The van der Waals surface area contributed by atoms with Crippen molar-refractivity contribution < 1.29 is 9.53 Å². The van der Waals surface area contributed by atoms with Crippen molar-refractivity contribution in [3.05, 3.63) is 59.1 Å². The molecule has 0 aliphatic rings. The van der Waals surface area contributed by atoms with Gasteiger partial charge in [0.15, 0.2) is 11.0 Å². The third kappa shape index (κ3) is 5.36. The number of thioether (sulfide) groups is 1. The second-order valence-corrected chi connectivity index (χ2v) is 7.26. The maximum Gasteiger partial charge on any atom is 0.250 e. The summed E-state index contributed by atoms with van der Waals surface area (Å²) >= 11 is 7.26. The van der Waals surface area contributed by atoms with E-state index in [4.69, 9.17) is 16.3 Å². The fourth-order valence-electron chi connectivity index (χ4n) is 2.60. The highest BCUT2D eigenvalue weighted by atomic mass is 35.5. The Bertz CT molecular complexity index is 1000. The van der Waals surface area contributed by atoms with Crippen LogP contribution in [0.3, 0.4) is 0 Å². The Morgan fingerprint density at radius 1 is 1.24 bits per heavy atom. The first-order valence-corrected chi connectivity index (χ1v) is 10.3. The summed E-state index contributed by atoms with van der Waals surface area (Å²) in [5.41, 5.74) is 4.21. The highest BCUT2D eigenvalue weighted by Crippen LogP contribution is 2.25. The summed E-state index contributed by atoms with van der Waals surface area (Å²) in [6.45, 7) is 2.69. The Labute approximate surface area is 178 Å². The number of hydrazone groups is 1. The number of hydrogen-bond acceptors (Lipinski definition) is 6. The number of aromatic nitrogens is 3. The number of carbonyl (C=O) groups excluding carboxylic acids is 1. The smallest absolute Gasteiger partial charge is 0.250 e. The topological polar surface area (TPSA) is 81.4 Å². The zero-order valence-corrected chi connectivity index (χ0v) is 17.6. The van der Waals surface area contributed by atoms with Gasteiger partial charge < -0.3 is 9.30 Å². The van der Waals surface area contributed by atoms with Crippen LogP contribution in [-0.2, 0) is 11.3 Å². The molecule has 0 atom stereocenters. The minimum Gasteiger partial charge on any atom is -0.496 e. The van der Waals surface area contributed by atoms with Crippen molar-refractivity contribution in [1.82, 2.24) is 20.2 Å². The first kappa shape index (κ1) is 20.9. The maximum absolute atomic E-state index is 12.1. The van der Waals surface area contributed by atoms with E-state index in [1.165, 1.54) is 11.8 Å². The molecule has 1 aromatic heterocycles. The molecule has 0 fully saturated rings. The van der Waals surface area contributed by atoms with Gasteiger partial charge in [-0.1, -0.05) is 35.5 Å². The van der Waals surface area contributed by atoms with E-state index >= 15 is 0 Å². The lowest BCUT2D eigenvalue weighted by atomic mass is 10.2. The average molecular weight is 430 g/mol. The molecule has 0 saturated heterocycles. The molecule has 1 N–H and O–H groups in total. The number of nitrogens with one attached hydrogen (secondary N) is 1. The summed E-state index contributed by atoms with van der Waals surface area (Å²) in [5, 5.41) is 13.8. The number of halogens is 1. The molecule has 0 unspecified atom stereocenters. The molecule has 9 heteroatoms. The quantitative estimate of drug-likeness (QED) is 0.334. The molecule has 0 saturated carbocycles. The first-order chi connectivity index (χ1) is 14.1. The van der Waals surface area contributed by atoms with Crippen LogP contribution >= 0.6 is 23.4 Å². The lowest BCUT2D eigenvalue weighted by molar-refractivity contribution is -0.118. The minimum atomic E-state index is -0.236. The molecule has 1 amide bonds. The van der Waals surface area contributed by atoms with Crippen LogP contribution in [0.5, 0.6) is 5.75 Å². The second kappa shape index (κ2) is 10.1. The van der Waals surface area contributed by atoms with Gasteiger partial charge in [0, 0.05) is 22.7 Å². The van der Waals surface area contributed by atoms with Gasteiger partial charge in [-0.2, -0.15) is 5.10 Å². The van der Waals surface area contributed by atoms with Crippen molar-refractivity contribution in [3.63, 3.8) is 0 Å². The molecule has 0 bridgehead atoms. The fraction of sp³-hybridized carbons (Fsp3) is 0.200. The van der Waals surface area contributed by atoms with Crippen molar-refractivity contribution in [2.24, 2.45) is 5.10 Å². The number of amides is 1. The van der Waals surface area contributed by atoms with E-state index in [1.807, 2.05) is 60.0 Å². The van der Waals surface area contributed by atoms with E-state index in [0.717, 1.165) is 17.0 Å². The number of benzene rings is 2. The molecular weight excluding hydrogens is 410 g/mol. The molecule has 0 spiro atoms. The molecule has 0 aliphatic heterocycles. The maximum atomic E-state index is 12.1. The van der Waals surface area contributed by atoms with E-state index in [-0.39, 0.29) is 11.7 Å². The van der Waals surface area contributed by atoms with Gasteiger partial charge >= 0.3 is 0 Å². The number of hydrogen-bond donors (Lipinski definition) is 1. The van der Waals surface area contributed by atoms with E-state index in [0.29, 0.717) is 22.5 Å². The van der Waals surface area contributed by atoms with Gasteiger partial charge in [-0.05, 0) is 43.3 Å². The Balaban J connectivity index is 1.60. The Hall–Kier alpha value is -2.84. The molecule has 29 heavy (non-hydrogen) atoms. The van der Waals surface area contributed by atoms with Gasteiger partial charge in [0.2, 0.25) is 0 Å². The normalized spacial score (nSPS) is 11.0. The van der Waals surface area contributed by atoms with Crippen molar-refractivity contribution in [2.45, 2.75) is 18.6 Å². The lowest BCUT2D eigenvalue weighted by Crippen LogP contribution is -2.20. The van der Waals surface area contributed by atoms with Crippen LogP contribution in [0, 0.1) is 0 Å². The van der Waals surface area contributed by atoms with E-state index in [9.17, 15) is 4.79 Å². The van der Waals surface area contributed by atoms with Crippen molar-refractivity contribution >= 4 is 35.5 Å². The number of para-hydroxylation sites is 1. The largest absolute Gasteiger partial charge is 0.496 e. The van der Waals surface area contributed by atoms with Crippen LogP contribution in [0.15, 0.2) is 58.8 Å². The SMILES string of the molecule is CCn1c(SCC(=O)N/N=C\c2ccccc2OC)nnc1-c1ccc(Cl)cc1. The summed E-state index contributed by atoms with van der Waals surface area (Å²) in [6, 6.07) is 14.8. The molecular formula is C20H20ClN5O2S. The molecule has 3 aromatic rings. The van der Waals surface area contributed by atoms with Gasteiger partial charge in [0.05, 0.1) is 19.1 Å². The van der Waals surface area contributed by atoms with Crippen molar-refractivity contribution in [1.29, 1.82) is 0 Å². The number of carbonyl (C=O) groups is 1. The number of nitrogens with zero attached hydrogens (tertiary/aromatic N) is 4. The molecule has 7 nitrogen and oxygen atoms in total.